The molecular weight excluding hydrogens is 268 g/mol. The van der Waals surface area contributed by atoms with Crippen molar-refractivity contribution in [3.8, 4) is 0 Å². The minimum absolute atomic E-state index is 0.599. The second-order valence-electron chi connectivity index (χ2n) is 2.00. The lowest BCUT2D eigenvalue weighted by Gasteiger charge is -2.08. The molecule has 61 valence electrons. The zero-order valence-corrected chi connectivity index (χ0v) is 7.48. The molecular formula is C7H4F3I-. The summed E-state index contributed by atoms with van der Waals surface area (Å²) in [4.78, 5) is 0. The van der Waals surface area contributed by atoms with Crippen molar-refractivity contribution in [3.05, 3.63) is 33.4 Å². The standard InChI is InChI=1S/C7H4F3I/c8-7(9,10)5-1-3-6(11)4-2-5/h1-4H/q-1. The van der Waals surface area contributed by atoms with Crippen LogP contribution in [-0.4, -0.2) is 0 Å². The predicted molar refractivity (Wildman–Crippen MR) is 30.1 cm³/mol. The zero-order valence-electron chi connectivity index (χ0n) is 5.32. The van der Waals surface area contributed by atoms with Gasteiger partial charge in [0.05, 0.1) is 5.56 Å². The monoisotopic (exact) mass is 272 g/mol. The SMILES string of the molecule is FC(F)(F)c1ccc([I-])cc1. The van der Waals surface area contributed by atoms with Crippen molar-refractivity contribution >= 4 is 0 Å². The topological polar surface area (TPSA) is 0 Å². The highest BCUT2D eigenvalue weighted by molar-refractivity contribution is 5.17. The first-order chi connectivity index (χ1) is 5.00. The molecule has 0 bridgehead atoms. The maximum Gasteiger partial charge on any atom is 0.416 e. The van der Waals surface area contributed by atoms with Gasteiger partial charge in [0.15, 0.2) is 0 Å². The van der Waals surface area contributed by atoms with Crippen molar-refractivity contribution in [3.63, 3.8) is 0 Å². The van der Waals surface area contributed by atoms with Crippen molar-refractivity contribution in [1.29, 1.82) is 0 Å². The largest absolute Gasteiger partial charge is 0.759 e. The van der Waals surface area contributed by atoms with Gasteiger partial charge in [0.2, 0.25) is 0 Å². The van der Waals surface area contributed by atoms with Gasteiger partial charge < -0.3 is 22.6 Å². The minimum Gasteiger partial charge on any atom is -0.759 e. The summed E-state index contributed by atoms with van der Waals surface area (Å²) in [5, 5.41) is 0. The molecule has 0 atom stereocenters. The highest BCUT2D eigenvalue weighted by Crippen LogP contribution is 2.28. The van der Waals surface area contributed by atoms with E-state index in [1.807, 2.05) is 22.6 Å². The Labute approximate surface area is 75.6 Å². The molecule has 0 fully saturated rings. The minimum atomic E-state index is -4.22. The summed E-state index contributed by atoms with van der Waals surface area (Å²) in [6, 6.07) is 5.01. The van der Waals surface area contributed by atoms with E-state index in [0.29, 0.717) is 0 Å². The number of benzene rings is 1. The van der Waals surface area contributed by atoms with Crippen LogP contribution < -0.4 is 22.6 Å². The normalized spacial score (nSPS) is 11.6. The second-order valence-corrected chi connectivity index (χ2v) is 3.25. The van der Waals surface area contributed by atoms with Crippen LogP contribution in [0.25, 0.3) is 0 Å². The van der Waals surface area contributed by atoms with Crippen molar-refractivity contribution < 1.29 is 35.8 Å². The van der Waals surface area contributed by atoms with Crippen molar-refractivity contribution in [1.82, 2.24) is 0 Å². The number of alkyl halides is 3. The van der Waals surface area contributed by atoms with Crippen LogP contribution in [0.15, 0.2) is 24.3 Å². The van der Waals surface area contributed by atoms with Crippen LogP contribution in [0.2, 0.25) is 0 Å². The van der Waals surface area contributed by atoms with Gasteiger partial charge in [-0.2, -0.15) is 16.7 Å². The highest BCUT2D eigenvalue weighted by atomic mass is 127. The molecule has 11 heavy (non-hydrogen) atoms. The fourth-order valence-electron chi connectivity index (χ4n) is 0.639. The lowest BCUT2D eigenvalue weighted by molar-refractivity contribution is -0.328. The molecule has 1 rings (SSSR count). The van der Waals surface area contributed by atoms with Gasteiger partial charge in [0.1, 0.15) is 0 Å². The third-order valence-electron chi connectivity index (χ3n) is 1.17. The predicted octanol–water partition coefficient (Wildman–Crippen LogP) is -0.572. The van der Waals surface area contributed by atoms with Crippen LogP contribution in [0.1, 0.15) is 5.56 Å². The molecule has 0 aliphatic rings. The van der Waals surface area contributed by atoms with Gasteiger partial charge in [-0.1, -0.05) is 24.3 Å². The molecule has 1 aromatic rings. The Balaban J connectivity index is 2.99. The molecule has 0 aromatic heterocycles. The molecule has 0 heterocycles. The Bertz CT molecular complexity index is 237. The molecule has 4 heteroatoms. The smallest absolute Gasteiger partial charge is 0.416 e. The Morgan fingerprint density at radius 2 is 1.45 bits per heavy atom. The molecule has 1 aromatic carbocycles. The molecule has 1 radical (unpaired) electrons. The third-order valence-corrected chi connectivity index (χ3v) is 1.89. The summed E-state index contributed by atoms with van der Waals surface area (Å²) in [5.41, 5.74) is -0.599. The molecule has 0 spiro atoms. The van der Waals surface area contributed by atoms with Crippen LogP contribution in [-0.2, 0) is 6.18 Å². The molecule has 0 aliphatic heterocycles. The molecule has 0 N–H and O–H groups in total. The average molecular weight is 272 g/mol. The first-order valence-corrected chi connectivity index (χ1v) is 3.91. The van der Waals surface area contributed by atoms with E-state index in [1.165, 1.54) is 12.1 Å². The van der Waals surface area contributed by atoms with Crippen LogP contribution in [0.4, 0.5) is 13.2 Å². The lowest BCUT2D eigenvalue weighted by Crippen LogP contribution is -3.34. The van der Waals surface area contributed by atoms with Gasteiger partial charge in [-0.05, 0) is 0 Å². The highest BCUT2D eigenvalue weighted by Gasteiger charge is 2.29. The summed E-state index contributed by atoms with van der Waals surface area (Å²) in [7, 11) is 0. The maximum atomic E-state index is 11.9. The summed E-state index contributed by atoms with van der Waals surface area (Å²) in [6.45, 7) is 0. The first kappa shape index (κ1) is 8.83. The van der Waals surface area contributed by atoms with E-state index >= 15 is 0 Å². The summed E-state index contributed by atoms with van der Waals surface area (Å²) < 4.78 is 36.6. The third kappa shape index (κ3) is 2.36. The summed E-state index contributed by atoms with van der Waals surface area (Å²) in [6.07, 6.45) is -4.22. The number of rotatable bonds is 0. The van der Waals surface area contributed by atoms with E-state index in [4.69, 9.17) is 0 Å². The number of halogens is 4. The Hall–Kier alpha value is -0.260. The van der Waals surface area contributed by atoms with Crippen LogP contribution in [0.5, 0.6) is 0 Å². The molecule has 0 unspecified atom stereocenters. The number of hydrogen-bond donors (Lipinski definition) is 0. The Kier molecular flexibility index (Phi) is 2.41. The molecule has 0 saturated carbocycles. The van der Waals surface area contributed by atoms with Crippen LogP contribution in [0.3, 0.4) is 0 Å². The summed E-state index contributed by atoms with van der Waals surface area (Å²) in [5.74, 6) is 0. The van der Waals surface area contributed by atoms with Crippen molar-refractivity contribution in [2.45, 2.75) is 6.18 Å². The molecule has 0 amide bonds. The second kappa shape index (κ2) is 3.00. The molecule has 0 saturated heterocycles. The number of hydrogen-bond acceptors (Lipinski definition) is 0. The zero-order chi connectivity index (χ0) is 8.48. The van der Waals surface area contributed by atoms with E-state index in [2.05, 4.69) is 0 Å². The quantitative estimate of drug-likeness (QED) is 0.555. The van der Waals surface area contributed by atoms with Crippen LogP contribution >= 0.6 is 0 Å². The Morgan fingerprint density at radius 3 is 1.82 bits per heavy atom. The van der Waals surface area contributed by atoms with Gasteiger partial charge >= 0.3 is 6.18 Å². The lowest BCUT2D eigenvalue weighted by atomic mass is 10.2. The van der Waals surface area contributed by atoms with Gasteiger partial charge in [-0.3, -0.25) is 0 Å². The average Bonchev–Trinajstić information content (AvgIpc) is 1.86. The van der Waals surface area contributed by atoms with Gasteiger partial charge in [0.25, 0.3) is 0 Å². The van der Waals surface area contributed by atoms with Crippen molar-refractivity contribution in [2.24, 2.45) is 0 Å². The van der Waals surface area contributed by atoms with Gasteiger partial charge in [0, 0.05) is 0 Å². The molecule has 0 nitrogen and oxygen atoms in total. The Morgan fingerprint density at radius 1 is 1.00 bits per heavy atom. The molecule has 0 aliphatic carbocycles. The van der Waals surface area contributed by atoms with Crippen LogP contribution in [0, 0.1) is 3.57 Å². The first-order valence-electron chi connectivity index (χ1n) is 2.83. The van der Waals surface area contributed by atoms with Crippen molar-refractivity contribution in [2.75, 3.05) is 0 Å². The van der Waals surface area contributed by atoms with Gasteiger partial charge in [-0.15, -0.1) is 0 Å². The van der Waals surface area contributed by atoms with E-state index in [1.54, 1.807) is 0 Å². The van der Waals surface area contributed by atoms with E-state index in [0.717, 1.165) is 15.7 Å². The van der Waals surface area contributed by atoms with Gasteiger partial charge in [-0.25, -0.2) is 0 Å². The fraction of sp³-hybridized carbons (Fsp3) is 0.143. The fourth-order valence-corrected chi connectivity index (χ4v) is 0.998. The summed E-state index contributed by atoms with van der Waals surface area (Å²) >= 11 is 1.96. The van der Waals surface area contributed by atoms with E-state index in [9.17, 15) is 13.2 Å². The maximum absolute atomic E-state index is 11.9. The van der Waals surface area contributed by atoms with E-state index < -0.39 is 11.7 Å². The van der Waals surface area contributed by atoms with E-state index in [-0.39, 0.29) is 0 Å².